The highest BCUT2D eigenvalue weighted by molar-refractivity contribution is 6.08. The molecule has 0 atom stereocenters. The van der Waals surface area contributed by atoms with E-state index in [9.17, 15) is 0 Å². The zero-order valence-electron chi connectivity index (χ0n) is 3.49. The van der Waals surface area contributed by atoms with Gasteiger partial charge in [-0.2, -0.15) is 0 Å². The van der Waals surface area contributed by atoms with Gasteiger partial charge < -0.3 is 5.32 Å². The summed E-state index contributed by atoms with van der Waals surface area (Å²) in [4.78, 5) is 0. The van der Waals surface area contributed by atoms with Crippen LogP contribution in [-0.2, 0) is 0 Å². The summed E-state index contributed by atoms with van der Waals surface area (Å²) in [5.41, 5.74) is 0. The first-order chi connectivity index (χ1) is 2.41. The molecular formula is C3H8BN. The van der Waals surface area contributed by atoms with E-state index in [0.717, 1.165) is 12.9 Å². The molecule has 1 nitrogen and oxygen atoms in total. The van der Waals surface area contributed by atoms with Crippen LogP contribution in [0, 0.1) is 0 Å². The van der Waals surface area contributed by atoms with Gasteiger partial charge >= 0.3 is 0 Å². The van der Waals surface area contributed by atoms with Gasteiger partial charge in [-0.1, -0.05) is 6.32 Å². The van der Waals surface area contributed by atoms with Crippen molar-refractivity contribution in [1.29, 1.82) is 0 Å². The van der Waals surface area contributed by atoms with E-state index >= 15 is 0 Å². The number of rotatable bonds is 2. The molecule has 0 heterocycles. The van der Waals surface area contributed by atoms with Gasteiger partial charge in [-0.3, -0.25) is 0 Å². The Balaban J connectivity index is 2.19. The van der Waals surface area contributed by atoms with Crippen LogP contribution in [0.5, 0.6) is 0 Å². The lowest BCUT2D eigenvalue weighted by molar-refractivity contribution is 0.862. The summed E-state index contributed by atoms with van der Waals surface area (Å²) in [5.74, 6) is 0. The molecule has 0 saturated carbocycles. The first-order valence-corrected chi connectivity index (χ1v) is 1.76. The van der Waals surface area contributed by atoms with Gasteiger partial charge in [0.2, 0.25) is 0 Å². The second-order valence-corrected chi connectivity index (χ2v) is 0.892. The Kier molecular flexibility index (Phi) is 4.05. The summed E-state index contributed by atoms with van der Waals surface area (Å²) < 4.78 is 0. The highest BCUT2D eigenvalue weighted by Gasteiger charge is 1.65. The van der Waals surface area contributed by atoms with Gasteiger partial charge in [0, 0.05) is 0 Å². The quantitative estimate of drug-likeness (QED) is 0.442. The molecule has 0 saturated heterocycles. The smallest absolute Gasteiger partial charge is 0.0670 e. The van der Waals surface area contributed by atoms with Crippen LogP contribution in [0.3, 0.4) is 0 Å². The summed E-state index contributed by atoms with van der Waals surface area (Å²) in [6, 6.07) is 0. The zero-order valence-corrected chi connectivity index (χ0v) is 3.49. The largest absolute Gasteiger partial charge is 0.320 e. The molecule has 0 aliphatic heterocycles. The minimum atomic E-state index is 0.733. The van der Waals surface area contributed by atoms with Crippen molar-refractivity contribution in [1.82, 2.24) is 5.32 Å². The van der Waals surface area contributed by atoms with Crippen LogP contribution in [-0.4, -0.2) is 21.4 Å². The molecule has 28 valence electrons. The van der Waals surface area contributed by atoms with E-state index in [-0.39, 0.29) is 0 Å². The number of nitrogens with one attached hydrogen (secondary N) is 1. The molecule has 0 aromatic rings. The van der Waals surface area contributed by atoms with Gasteiger partial charge in [0.15, 0.2) is 0 Å². The molecular weight excluding hydrogens is 60.9 g/mol. The summed E-state index contributed by atoms with van der Waals surface area (Å²) >= 11 is 0. The molecule has 0 aliphatic carbocycles. The second-order valence-electron chi connectivity index (χ2n) is 0.892. The van der Waals surface area contributed by atoms with Crippen LogP contribution >= 0.6 is 0 Å². The standard InChI is InChI=1S/C3H8BN/c1-5-3-2-4/h5H,2-3H2,1H3. The topological polar surface area (TPSA) is 12.0 Å². The molecule has 0 bridgehead atoms. The van der Waals surface area contributed by atoms with Gasteiger partial charge in [-0.15, -0.1) is 0 Å². The Hall–Kier alpha value is 0.0249. The van der Waals surface area contributed by atoms with Gasteiger partial charge in [-0.25, -0.2) is 0 Å². The van der Waals surface area contributed by atoms with Crippen LogP contribution in [0.25, 0.3) is 0 Å². The fourth-order valence-corrected chi connectivity index (χ4v) is 0.144. The van der Waals surface area contributed by atoms with Gasteiger partial charge in [0.25, 0.3) is 0 Å². The predicted molar refractivity (Wildman–Crippen MR) is 24.5 cm³/mol. The van der Waals surface area contributed by atoms with Crippen LogP contribution in [0.15, 0.2) is 0 Å². The molecule has 0 rings (SSSR count). The van der Waals surface area contributed by atoms with E-state index in [4.69, 9.17) is 7.85 Å². The molecule has 0 aliphatic rings. The molecule has 0 unspecified atom stereocenters. The molecule has 0 amide bonds. The fourth-order valence-electron chi connectivity index (χ4n) is 0.144. The van der Waals surface area contributed by atoms with E-state index < -0.39 is 0 Å². The minimum Gasteiger partial charge on any atom is -0.320 e. The van der Waals surface area contributed by atoms with Crippen molar-refractivity contribution in [2.75, 3.05) is 13.6 Å². The predicted octanol–water partition coefficient (Wildman–Crippen LogP) is -0.207. The Labute approximate surface area is 34.2 Å². The summed E-state index contributed by atoms with van der Waals surface area (Å²) in [6.45, 7) is 0.917. The number of hydrogen-bond acceptors (Lipinski definition) is 1. The maximum Gasteiger partial charge on any atom is 0.0670 e. The van der Waals surface area contributed by atoms with E-state index in [1.165, 1.54) is 0 Å². The lowest BCUT2D eigenvalue weighted by Gasteiger charge is -1.84. The number of hydrogen-bond donors (Lipinski definition) is 1. The summed E-state index contributed by atoms with van der Waals surface area (Å²) in [5, 5.41) is 2.89. The van der Waals surface area contributed by atoms with Crippen molar-refractivity contribution in [3.05, 3.63) is 0 Å². The van der Waals surface area contributed by atoms with Crippen LogP contribution in [0.1, 0.15) is 0 Å². The van der Waals surface area contributed by atoms with Crippen molar-refractivity contribution in [2.24, 2.45) is 0 Å². The first-order valence-electron chi connectivity index (χ1n) is 1.76. The normalized spacial score (nSPS) is 8.20. The van der Waals surface area contributed by atoms with Crippen LogP contribution in [0.2, 0.25) is 6.32 Å². The molecule has 1 N–H and O–H groups in total. The molecule has 0 fully saturated rings. The average molecular weight is 68.9 g/mol. The van der Waals surface area contributed by atoms with Gasteiger partial charge in [-0.05, 0) is 13.6 Å². The van der Waals surface area contributed by atoms with Crippen molar-refractivity contribution < 1.29 is 0 Å². The van der Waals surface area contributed by atoms with Crippen molar-refractivity contribution in [2.45, 2.75) is 6.32 Å². The Morgan fingerprint density at radius 2 is 2.40 bits per heavy atom. The van der Waals surface area contributed by atoms with Crippen molar-refractivity contribution in [3.63, 3.8) is 0 Å². The van der Waals surface area contributed by atoms with Crippen molar-refractivity contribution >= 4 is 7.85 Å². The second kappa shape index (κ2) is 4.02. The molecule has 0 aromatic heterocycles. The third-order valence-corrected chi connectivity index (χ3v) is 0.394. The molecule has 2 radical (unpaired) electrons. The maximum absolute atomic E-state index is 5.08. The summed E-state index contributed by atoms with van der Waals surface area (Å²) in [6.07, 6.45) is 0.733. The highest BCUT2D eigenvalue weighted by atomic mass is 14.8. The van der Waals surface area contributed by atoms with E-state index in [0.29, 0.717) is 0 Å². The average Bonchev–Trinajstić information content (AvgIpc) is 1.41. The van der Waals surface area contributed by atoms with Gasteiger partial charge in [0.05, 0.1) is 7.85 Å². The monoisotopic (exact) mass is 69.1 g/mol. The summed E-state index contributed by atoms with van der Waals surface area (Å²) in [7, 11) is 6.96. The molecule has 5 heavy (non-hydrogen) atoms. The first kappa shape index (κ1) is 5.02. The Bertz CT molecular complexity index is 14.4. The molecule has 0 spiro atoms. The maximum atomic E-state index is 5.08. The lowest BCUT2D eigenvalue weighted by atomic mass is 10.1. The Morgan fingerprint density at radius 3 is 2.40 bits per heavy atom. The third kappa shape index (κ3) is 4.02. The lowest BCUT2D eigenvalue weighted by Crippen LogP contribution is -2.05. The zero-order chi connectivity index (χ0) is 4.12. The van der Waals surface area contributed by atoms with E-state index in [1.54, 1.807) is 0 Å². The van der Waals surface area contributed by atoms with E-state index in [2.05, 4.69) is 5.32 Å². The SMILES string of the molecule is [B]CCNC. The molecule has 0 aromatic carbocycles. The van der Waals surface area contributed by atoms with Crippen LogP contribution < -0.4 is 5.32 Å². The minimum absolute atomic E-state index is 0.733. The Morgan fingerprint density at radius 1 is 1.80 bits per heavy atom. The fraction of sp³-hybridized carbons (Fsp3) is 1.00. The third-order valence-electron chi connectivity index (χ3n) is 0.394. The van der Waals surface area contributed by atoms with E-state index in [1.807, 2.05) is 7.05 Å². The van der Waals surface area contributed by atoms with Gasteiger partial charge in [0.1, 0.15) is 0 Å². The van der Waals surface area contributed by atoms with Crippen LogP contribution in [0.4, 0.5) is 0 Å². The highest BCUT2D eigenvalue weighted by Crippen LogP contribution is 1.57. The molecule has 2 heteroatoms. The van der Waals surface area contributed by atoms with Crippen molar-refractivity contribution in [3.8, 4) is 0 Å².